The van der Waals surface area contributed by atoms with Crippen LogP contribution in [-0.2, 0) is 20.3 Å². The van der Waals surface area contributed by atoms with Gasteiger partial charge in [-0.25, -0.2) is 8.42 Å². The lowest BCUT2D eigenvalue weighted by molar-refractivity contribution is -0.155. The molecular weight excluding hydrogens is 432 g/mol. The van der Waals surface area contributed by atoms with Gasteiger partial charge in [-0.05, 0) is 50.3 Å². The maximum atomic E-state index is 12.2. The van der Waals surface area contributed by atoms with Crippen LogP contribution in [0, 0.1) is 11.8 Å². The van der Waals surface area contributed by atoms with Crippen LogP contribution in [0.1, 0.15) is 57.3 Å². The quantitative estimate of drug-likeness (QED) is 0.382. The Balaban J connectivity index is 1.39. The van der Waals surface area contributed by atoms with Crippen molar-refractivity contribution in [3.63, 3.8) is 0 Å². The Hall–Kier alpha value is -1.72. The molecule has 5 N–H and O–H groups in total. The van der Waals surface area contributed by atoms with Crippen LogP contribution < -0.4 is 16.1 Å². The highest BCUT2D eigenvalue weighted by molar-refractivity contribution is 7.90. The largest absolute Gasteiger partial charge is 0.387 e. The van der Waals surface area contributed by atoms with Crippen molar-refractivity contribution in [1.82, 2.24) is 10.7 Å². The van der Waals surface area contributed by atoms with Gasteiger partial charge in [-0.2, -0.15) is 5.10 Å². The van der Waals surface area contributed by atoms with Gasteiger partial charge >= 0.3 is 0 Å². The van der Waals surface area contributed by atoms with Gasteiger partial charge in [0.25, 0.3) is 0 Å². The molecule has 178 valence electrons. The first-order valence-corrected chi connectivity index (χ1v) is 13.1. The summed E-state index contributed by atoms with van der Waals surface area (Å²) in [5.74, 6) is 0.0539. The molecule has 0 saturated heterocycles. The topological polar surface area (TPSA) is 132 Å². The standard InChI is InChI=1S/C22H34N4O5S/c1-12(2)23-22(28)31-15-8-7-14(9-15)20-13(3)21(26-25-20)24-18-6-4-5-16-17(18)10-32(29,30)11-19(16)27/h4-6,12-15,19,21-24,26-28H,7-11H2,1-3H3/t13?,14-,15+,19?,21?,22?/m0/s1. The van der Waals surface area contributed by atoms with Crippen LogP contribution in [-0.4, -0.2) is 54.8 Å². The zero-order valence-corrected chi connectivity index (χ0v) is 19.6. The van der Waals surface area contributed by atoms with Gasteiger partial charge < -0.3 is 20.3 Å². The molecule has 10 heteroatoms. The fourth-order valence-electron chi connectivity index (χ4n) is 4.98. The van der Waals surface area contributed by atoms with Crippen molar-refractivity contribution in [3.8, 4) is 0 Å². The number of nitrogens with one attached hydrogen (secondary N) is 3. The van der Waals surface area contributed by atoms with Crippen LogP contribution >= 0.6 is 0 Å². The summed E-state index contributed by atoms with van der Waals surface area (Å²) < 4.78 is 30.2. The third-order valence-corrected chi connectivity index (χ3v) is 8.11. The molecule has 1 saturated carbocycles. The zero-order valence-electron chi connectivity index (χ0n) is 18.8. The van der Waals surface area contributed by atoms with Crippen molar-refractivity contribution in [2.24, 2.45) is 16.9 Å². The number of rotatable bonds is 7. The lowest BCUT2D eigenvalue weighted by Crippen LogP contribution is -2.39. The molecule has 0 spiro atoms. The lowest BCUT2D eigenvalue weighted by Gasteiger charge is -2.27. The predicted molar refractivity (Wildman–Crippen MR) is 123 cm³/mol. The van der Waals surface area contributed by atoms with E-state index >= 15 is 0 Å². The van der Waals surface area contributed by atoms with E-state index < -0.39 is 22.4 Å². The van der Waals surface area contributed by atoms with Crippen LogP contribution in [0.2, 0.25) is 0 Å². The normalized spacial score (nSPS) is 32.3. The number of ether oxygens (including phenoxy) is 1. The van der Waals surface area contributed by atoms with Gasteiger partial charge in [-0.3, -0.25) is 10.7 Å². The number of hydrazone groups is 1. The van der Waals surface area contributed by atoms with E-state index in [1.165, 1.54) is 0 Å². The lowest BCUT2D eigenvalue weighted by atomic mass is 9.90. The minimum atomic E-state index is -3.34. The SMILES string of the molecule is CC(C)NC(O)O[C@@H]1CC[C@H](C2=NNC(Nc3cccc4c3CS(=O)(=O)CC4O)C2C)C1. The first-order valence-electron chi connectivity index (χ1n) is 11.3. The van der Waals surface area contributed by atoms with Crippen molar-refractivity contribution < 1.29 is 23.4 Å². The summed E-state index contributed by atoms with van der Waals surface area (Å²) in [6.07, 6.45) is 0.462. The second-order valence-electron chi connectivity index (χ2n) is 9.46. The van der Waals surface area contributed by atoms with Gasteiger partial charge in [0.15, 0.2) is 9.84 Å². The molecule has 0 aromatic heterocycles. The molecule has 2 heterocycles. The van der Waals surface area contributed by atoms with Crippen molar-refractivity contribution in [1.29, 1.82) is 0 Å². The summed E-state index contributed by atoms with van der Waals surface area (Å²) in [6, 6.07) is 5.60. The van der Waals surface area contributed by atoms with Gasteiger partial charge in [0.1, 0.15) is 6.17 Å². The molecular formula is C22H34N4O5S. The van der Waals surface area contributed by atoms with Crippen LogP contribution in [0.25, 0.3) is 0 Å². The Morgan fingerprint density at radius 1 is 1.28 bits per heavy atom. The molecule has 1 aromatic carbocycles. The molecule has 0 amide bonds. The van der Waals surface area contributed by atoms with E-state index in [1.807, 2.05) is 26.0 Å². The highest BCUT2D eigenvalue weighted by Crippen LogP contribution is 2.36. The molecule has 0 bridgehead atoms. The number of anilines is 1. The fraction of sp³-hybridized carbons (Fsp3) is 0.682. The number of hydrogen-bond donors (Lipinski definition) is 5. The number of fused-ring (bicyclic) bond motifs is 1. The number of aliphatic hydroxyl groups is 2. The van der Waals surface area contributed by atoms with Gasteiger partial charge in [-0.15, -0.1) is 0 Å². The van der Waals surface area contributed by atoms with Crippen LogP contribution in [0.4, 0.5) is 5.69 Å². The predicted octanol–water partition coefficient (Wildman–Crippen LogP) is 1.44. The van der Waals surface area contributed by atoms with E-state index in [9.17, 15) is 18.6 Å². The van der Waals surface area contributed by atoms with E-state index in [-0.39, 0.29) is 41.7 Å². The number of benzene rings is 1. The Bertz CT molecular complexity index is 967. The van der Waals surface area contributed by atoms with Gasteiger partial charge in [-0.1, -0.05) is 19.1 Å². The van der Waals surface area contributed by atoms with Gasteiger partial charge in [0, 0.05) is 29.3 Å². The zero-order chi connectivity index (χ0) is 23.0. The summed E-state index contributed by atoms with van der Waals surface area (Å²) in [7, 11) is -3.34. The molecule has 3 aliphatic rings. The summed E-state index contributed by atoms with van der Waals surface area (Å²) >= 11 is 0. The summed E-state index contributed by atoms with van der Waals surface area (Å²) in [6.45, 7) is 6.01. The summed E-state index contributed by atoms with van der Waals surface area (Å²) in [4.78, 5) is 0. The first-order chi connectivity index (χ1) is 15.1. The minimum absolute atomic E-state index is 0.0176. The van der Waals surface area contributed by atoms with E-state index in [0.717, 1.165) is 25.0 Å². The number of hydrogen-bond acceptors (Lipinski definition) is 9. The average Bonchev–Trinajstić information content (AvgIpc) is 3.28. The smallest absolute Gasteiger partial charge is 0.213 e. The second-order valence-corrected chi connectivity index (χ2v) is 11.6. The van der Waals surface area contributed by atoms with Crippen LogP contribution in [0.5, 0.6) is 0 Å². The third kappa shape index (κ3) is 5.09. The molecule has 0 radical (unpaired) electrons. The molecule has 2 aliphatic heterocycles. The summed E-state index contributed by atoms with van der Waals surface area (Å²) in [5.41, 5.74) is 6.24. The number of sulfone groups is 1. The van der Waals surface area contributed by atoms with Gasteiger partial charge in [0.2, 0.25) is 6.41 Å². The van der Waals surface area contributed by atoms with Crippen molar-refractivity contribution in [3.05, 3.63) is 29.3 Å². The average molecular weight is 467 g/mol. The molecule has 4 rings (SSSR count). The van der Waals surface area contributed by atoms with Crippen LogP contribution in [0.15, 0.2) is 23.3 Å². The first kappa shape index (κ1) is 23.4. The third-order valence-electron chi connectivity index (χ3n) is 6.56. The Morgan fingerprint density at radius 2 is 2.06 bits per heavy atom. The fourth-order valence-corrected chi connectivity index (χ4v) is 6.52. The van der Waals surface area contributed by atoms with E-state index in [2.05, 4.69) is 28.1 Å². The molecule has 4 unspecified atom stereocenters. The maximum Gasteiger partial charge on any atom is 0.213 e. The monoisotopic (exact) mass is 466 g/mol. The van der Waals surface area contributed by atoms with Crippen molar-refractivity contribution in [2.75, 3.05) is 11.1 Å². The molecule has 9 nitrogen and oxygen atoms in total. The van der Waals surface area contributed by atoms with E-state index in [1.54, 1.807) is 6.07 Å². The number of aliphatic hydroxyl groups excluding tert-OH is 2. The maximum absolute atomic E-state index is 12.2. The van der Waals surface area contributed by atoms with E-state index in [4.69, 9.17) is 4.74 Å². The minimum Gasteiger partial charge on any atom is -0.387 e. The number of nitrogens with zero attached hydrogens (tertiary/aromatic N) is 1. The molecule has 1 aliphatic carbocycles. The Kier molecular flexibility index (Phi) is 6.78. The molecule has 1 aromatic rings. The molecule has 1 fully saturated rings. The molecule has 32 heavy (non-hydrogen) atoms. The van der Waals surface area contributed by atoms with Gasteiger partial charge in [0.05, 0.1) is 23.7 Å². The molecule has 6 atom stereocenters. The summed E-state index contributed by atoms with van der Waals surface area (Å²) in [5, 5.41) is 31.2. The Morgan fingerprint density at radius 3 is 2.81 bits per heavy atom. The second kappa shape index (κ2) is 9.26. The van der Waals surface area contributed by atoms with E-state index in [0.29, 0.717) is 16.8 Å². The van der Waals surface area contributed by atoms with Crippen LogP contribution in [0.3, 0.4) is 0 Å². The highest BCUT2D eigenvalue weighted by Gasteiger charge is 2.38. The van der Waals surface area contributed by atoms with Crippen molar-refractivity contribution >= 4 is 21.2 Å². The van der Waals surface area contributed by atoms with Crippen molar-refractivity contribution in [2.45, 2.75) is 76.6 Å². The Labute approximate surface area is 189 Å². The highest BCUT2D eigenvalue weighted by atomic mass is 32.2.